The number of allylic oxidation sites excluding steroid dienone is 4. The number of hydrogen-bond donors (Lipinski definition) is 0. The normalized spacial score (nSPS) is 23.5. The number of benzene rings is 3. The van der Waals surface area contributed by atoms with Gasteiger partial charge in [-0.25, -0.2) is 0 Å². The Morgan fingerprint density at radius 1 is 0.788 bits per heavy atom. The predicted molar refractivity (Wildman–Crippen MR) is 143 cm³/mol. The van der Waals surface area contributed by atoms with E-state index in [-0.39, 0.29) is 0 Å². The van der Waals surface area contributed by atoms with E-state index in [1.165, 1.54) is 58.5 Å². The summed E-state index contributed by atoms with van der Waals surface area (Å²) >= 11 is 0. The molecule has 1 heteroatoms. The lowest BCUT2D eigenvalue weighted by Crippen LogP contribution is -2.35. The van der Waals surface area contributed by atoms with E-state index >= 15 is 0 Å². The maximum absolute atomic E-state index is 2.52. The van der Waals surface area contributed by atoms with Crippen LogP contribution in [0.15, 0.2) is 91.0 Å². The first kappa shape index (κ1) is 21.8. The maximum atomic E-state index is 2.52. The molecule has 0 saturated heterocycles. The first-order chi connectivity index (χ1) is 16.0. The van der Waals surface area contributed by atoms with Crippen molar-refractivity contribution < 1.29 is 0 Å². The summed E-state index contributed by atoms with van der Waals surface area (Å²) in [6.07, 6.45) is 11.3. The zero-order chi connectivity index (χ0) is 23.0. The predicted octanol–water partition coefficient (Wildman–Crippen LogP) is 8.83. The lowest BCUT2D eigenvalue weighted by molar-refractivity contribution is 0.188. The van der Waals surface area contributed by atoms with E-state index in [0.717, 1.165) is 0 Å². The number of hydrogen-bond acceptors (Lipinski definition) is 1. The second kappa shape index (κ2) is 8.71. The Balaban J connectivity index is 1.34. The van der Waals surface area contributed by atoms with Crippen LogP contribution in [0.1, 0.15) is 44.2 Å². The van der Waals surface area contributed by atoms with E-state index in [9.17, 15) is 0 Å². The minimum atomic E-state index is 0.396. The summed E-state index contributed by atoms with van der Waals surface area (Å²) in [5, 5.41) is 0. The molecule has 0 amide bonds. The van der Waals surface area contributed by atoms with Gasteiger partial charge in [-0.05, 0) is 77.6 Å². The summed E-state index contributed by atoms with van der Waals surface area (Å²) in [6.45, 7) is 6.94. The van der Waals surface area contributed by atoms with Gasteiger partial charge in [-0.2, -0.15) is 0 Å². The van der Waals surface area contributed by atoms with E-state index in [2.05, 4.69) is 124 Å². The monoisotopic (exact) mass is 433 g/mol. The van der Waals surface area contributed by atoms with E-state index < -0.39 is 0 Å². The Morgan fingerprint density at radius 2 is 1.33 bits per heavy atom. The van der Waals surface area contributed by atoms with Crippen LogP contribution in [-0.2, 0) is 0 Å². The Kier molecular flexibility index (Phi) is 5.74. The summed E-state index contributed by atoms with van der Waals surface area (Å²) in [6, 6.07) is 26.8. The van der Waals surface area contributed by atoms with Crippen molar-refractivity contribution in [1.82, 2.24) is 0 Å². The zero-order valence-electron chi connectivity index (χ0n) is 20.4. The second-order valence-electron chi connectivity index (χ2n) is 10.3. The van der Waals surface area contributed by atoms with Crippen molar-refractivity contribution in [2.75, 3.05) is 11.9 Å². The average molecular weight is 434 g/mol. The molecule has 0 aliphatic heterocycles. The molecule has 2 bridgehead atoms. The van der Waals surface area contributed by atoms with E-state index in [4.69, 9.17) is 0 Å². The minimum absolute atomic E-state index is 0.396. The van der Waals surface area contributed by atoms with Crippen molar-refractivity contribution in [3.63, 3.8) is 0 Å². The van der Waals surface area contributed by atoms with Crippen molar-refractivity contribution in [2.24, 2.45) is 17.3 Å². The van der Waals surface area contributed by atoms with Crippen LogP contribution in [-0.4, -0.2) is 7.05 Å². The van der Waals surface area contributed by atoms with Crippen molar-refractivity contribution in [3.05, 3.63) is 102 Å². The average Bonchev–Trinajstić information content (AvgIpc) is 2.84. The molecule has 3 atom stereocenters. The summed E-state index contributed by atoms with van der Waals surface area (Å²) in [5.41, 5.74) is 9.53. The molecule has 1 nitrogen and oxygen atoms in total. The second-order valence-corrected chi connectivity index (χ2v) is 10.3. The molecule has 0 radical (unpaired) electrons. The quantitative estimate of drug-likeness (QED) is 0.351. The highest BCUT2D eigenvalue weighted by atomic mass is 15.1. The van der Waals surface area contributed by atoms with Crippen LogP contribution in [0.2, 0.25) is 0 Å². The molecule has 3 aromatic rings. The van der Waals surface area contributed by atoms with Gasteiger partial charge in [-0.3, -0.25) is 0 Å². The lowest BCUT2D eigenvalue weighted by atomic mass is 9.58. The van der Waals surface area contributed by atoms with Crippen LogP contribution in [0.25, 0.3) is 16.7 Å². The fourth-order valence-corrected chi connectivity index (χ4v) is 5.90. The molecule has 6 rings (SSSR count). The molecule has 3 unspecified atom stereocenters. The maximum Gasteiger partial charge on any atom is 0.0408 e. The molecule has 0 fully saturated rings. The molecule has 168 valence electrons. The third-order valence-corrected chi connectivity index (χ3v) is 7.78. The van der Waals surface area contributed by atoms with Gasteiger partial charge in [0.2, 0.25) is 0 Å². The smallest absolute Gasteiger partial charge is 0.0408 e. The number of anilines is 2. The lowest BCUT2D eigenvalue weighted by Gasteiger charge is -2.46. The summed E-state index contributed by atoms with van der Waals surface area (Å²) in [7, 11) is 2.15. The first-order valence-corrected chi connectivity index (χ1v) is 12.4. The molecule has 0 saturated carbocycles. The third kappa shape index (κ3) is 4.17. The van der Waals surface area contributed by atoms with Gasteiger partial charge >= 0.3 is 0 Å². The van der Waals surface area contributed by atoms with Crippen LogP contribution in [0.3, 0.4) is 0 Å². The van der Waals surface area contributed by atoms with Crippen molar-refractivity contribution in [1.29, 1.82) is 0 Å². The van der Waals surface area contributed by atoms with Gasteiger partial charge in [0.1, 0.15) is 0 Å². The summed E-state index contributed by atoms with van der Waals surface area (Å²) < 4.78 is 0. The molecule has 0 N–H and O–H groups in total. The Bertz CT molecular complexity index is 1160. The van der Waals surface area contributed by atoms with Crippen LogP contribution in [0, 0.1) is 24.2 Å². The van der Waals surface area contributed by atoms with Crippen LogP contribution < -0.4 is 4.90 Å². The van der Waals surface area contributed by atoms with E-state index in [1.807, 2.05) is 0 Å². The highest BCUT2D eigenvalue weighted by Crippen LogP contribution is 2.53. The van der Waals surface area contributed by atoms with Gasteiger partial charge in [-0.1, -0.05) is 92.6 Å². The summed E-state index contributed by atoms with van der Waals surface area (Å²) in [4.78, 5) is 2.27. The topological polar surface area (TPSA) is 3.24 Å². The van der Waals surface area contributed by atoms with E-state index in [1.54, 1.807) is 0 Å². The first-order valence-electron chi connectivity index (χ1n) is 12.4. The highest BCUT2D eigenvalue weighted by molar-refractivity contribution is 5.75. The van der Waals surface area contributed by atoms with Crippen molar-refractivity contribution in [2.45, 2.75) is 40.0 Å². The van der Waals surface area contributed by atoms with Crippen LogP contribution in [0.4, 0.5) is 11.4 Å². The van der Waals surface area contributed by atoms with Gasteiger partial charge in [0.05, 0.1) is 0 Å². The van der Waals surface area contributed by atoms with Gasteiger partial charge in [0.25, 0.3) is 0 Å². The van der Waals surface area contributed by atoms with Gasteiger partial charge in [0, 0.05) is 24.3 Å². The SMILES string of the molecule is CCCC1(C)CC2C=CC1C(c1ccc(N(C)c3ccc(-c4ccc(C)cc4)cc3)cc1)=C2. The largest absolute Gasteiger partial charge is 0.345 e. The summed E-state index contributed by atoms with van der Waals surface area (Å²) in [5.74, 6) is 1.14. The highest BCUT2D eigenvalue weighted by Gasteiger charge is 2.42. The fraction of sp³-hybridized carbons (Fsp3) is 0.312. The molecule has 3 aromatic carbocycles. The molecule has 3 aliphatic rings. The Morgan fingerprint density at radius 3 is 1.88 bits per heavy atom. The number of nitrogens with zero attached hydrogens (tertiary/aromatic N) is 1. The molecule has 3 aliphatic carbocycles. The fourth-order valence-electron chi connectivity index (χ4n) is 5.90. The molecule has 0 spiro atoms. The molecule has 0 aromatic heterocycles. The number of aryl methyl sites for hydroxylation is 1. The van der Waals surface area contributed by atoms with E-state index in [0.29, 0.717) is 17.3 Å². The Labute approximate surface area is 199 Å². The zero-order valence-corrected chi connectivity index (χ0v) is 20.4. The number of fused-ring (bicyclic) bond motifs is 1. The molecular weight excluding hydrogens is 398 g/mol. The van der Waals surface area contributed by atoms with Gasteiger partial charge < -0.3 is 4.90 Å². The molecular formula is C32H35N. The third-order valence-electron chi connectivity index (χ3n) is 7.78. The standard InChI is InChI=1S/C32H35N/c1-5-20-32(3)22-24-8-19-31(32)30(21-24)27-13-17-29(18-14-27)33(4)28-15-11-26(12-16-28)25-9-6-23(2)7-10-25/h6-19,21,24,31H,5,20,22H2,1-4H3. The minimum Gasteiger partial charge on any atom is -0.345 e. The van der Waals surface area contributed by atoms with Gasteiger partial charge in [0.15, 0.2) is 0 Å². The molecule has 0 heterocycles. The van der Waals surface area contributed by atoms with Gasteiger partial charge in [-0.15, -0.1) is 0 Å². The molecule has 33 heavy (non-hydrogen) atoms. The Hall–Kier alpha value is -3.06. The number of rotatable bonds is 6. The van der Waals surface area contributed by atoms with Crippen molar-refractivity contribution in [3.8, 4) is 11.1 Å². The van der Waals surface area contributed by atoms with Crippen molar-refractivity contribution >= 4 is 16.9 Å². The van der Waals surface area contributed by atoms with Crippen LogP contribution in [0.5, 0.6) is 0 Å². The van der Waals surface area contributed by atoms with Crippen LogP contribution >= 0.6 is 0 Å².